The molecule has 11 heavy (non-hydrogen) atoms. The second-order valence-electron chi connectivity index (χ2n) is 2.21. The van der Waals surface area contributed by atoms with Crippen LogP contribution in [0.1, 0.15) is 26.2 Å². The second kappa shape index (κ2) is 6.43. The molecule has 0 aromatic heterocycles. The minimum absolute atomic E-state index is 0.176. The maximum atomic E-state index is 10.7. The van der Waals surface area contributed by atoms with Crippen LogP contribution in [0.2, 0.25) is 0 Å². The molecule has 0 heterocycles. The van der Waals surface area contributed by atoms with Crippen molar-refractivity contribution in [3.8, 4) is 0 Å². The number of esters is 1. The Kier molecular flexibility index (Phi) is 6.27. The Hall–Kier alpha value is -0.280. The van der Waals surface area contributed by atoms with Gasteiger partial charge in [0.05, 0.1) is 12.1 Å². The van der Waals surface area contributed by atoms with E-state index in [-0.39, 0.29) is 11.5 Å². The van der Waals surface area contributed by atoms with Crippen molar-refractivity contribution < 1.29 is 9.53 Å². The fourth-order valence-corrected chi connectivity index (χ4v) is 0.829. The lowest BCUT2D eigenvalue weighted by Crippen LogP contribution is -2.12. The number of rotatable bonds is 5. The molecule has 1 unspecified atom stereocenters. The van der Waals surface area contributed by atoms with Crippen molar-refractivity contribution in [1.82, 2.24) is 0 Å². The molecule has 0 saturated heterocycles. The first kappa shape index (κ1) is 10.7. The molecule has 3 nitrogen and oxygen atoms in total. The van der Waals surface area contributed by atoms with Crippen LogP contribution in [0.25, 0.3) is 0 Å². The number of nitrogens with two attached hydrogens (primary N) is 1. The number of carbonyl (C=O) groups is 1. The topological polar surface area (TPSA) is 52.3 Å². The highest BCUT2D eigenvalue weighted by atomic mass is 35.5. The molecule has 2 N–H and O–H groups in total. The van der Waals surface area contributed by atoms with E-state index in [1.165, 1.54) is 0 Å². The smallest absolute Gasteiger partial charge is 0.305 e. The molecule has 0 rings (SSSR count). The van der Waals surface area contributed by atoms with E-state index in [0.717, 1.165) is 0 Å². The van der Waals surface area contributed by atoms with E-state index in [9.17, 15) is 4.79 Å². The number of halogens is 1. The summed E-state index contributed by atoms with van der Waals surface area (Å²) in [5.41, 5.74) is 4.92. The predicted molar refractivity (Wildman–Crippen MR) is 44.3 cm³/mol. The van der Waals surface area contributed by atoms with Crippen molar-refractivity contribution in [2.45, 2.75) is 31.7 Å². The first-order valence-electron chi connectivity index (χ1n) is 3.72. The minimum Gasteiger partial charge on any atom is -0.466 e. The van der Waals surface area contributed by atoms with Crippen molar-refractivity contribution >= 4 is 17.6 Å². The van der Waals surface area contributed by atoms with Gasteiger partial charge in [0.15, 0.2) is 0 Å². The van der Waals surface area contributed by atoms with Crippen LogP contribution in [0, 0.1) is 0 Å². The molecule has 0 aromatic rings. The zero-order valence-electron chi connectivity index (χ0n) is 6.68. The summed E-state index contributed by atoms with van der Waals surface area (Å²) in [4.78, 5) is 10.7. The van der Waals surface area contributed by atoms with Gasteiger partial charge in [0.25, 0.3) is 0 Å². The monoisotopic (exact) mass is 179 g/mol. The second-order valence-corrected chi connectivity index (χ2v) is 2.77. The third-order valence-electron chi connectivity index (χ3n) is 1.17. The van der Waals surface area contributed by atoms with Gasteiger partial charge < -0.3 is 10.5 Å². The van der Waals surface area contributed by atoms with E-state index < -0.39 is 0 Å². The molecular weight excluding hydrogens is 166 g/mol. The van der Waals surface area contributed by atoms with Crippen LogP contribution in [0.5, 0.6) is 0 Å². The van der Waals surface area contributed by atoms with Crippen molar-refractivity contribution in [1.29, 1.82) is 0 Å². The maximum absolute atomic E-state index is 10.7. The van der Waals surface area contributed by atoms with E-state index in [4.69, 9.17) is 22.1 Å². The van der Waals surface area contributed by atoms with Gasteiger partial charge in [0, 0.05) is 6.42 Å². The van der Waals surface area contributed by atoms with Crippen LogP contribution in [0.4, 0.5) is 0 Å². The lowest BCUT2D eigenvalue weighted by Gasteiger charge is -2.02. The van der Waals surface area contributed by atoms with Gasteiger partial charge in [-0.25, -0.2) is 0 Å². The average Bonchev–Trinajstić information content (AvgIpc) is 1.87. The summed E-state index contributed by atoms with van der Waals surface area (Å²) in [5.74, 6) is -0.176. The molecule has 0 fully saturated rings. The Morgan fingerprint density at radius 2 is 2.36 bits per heavy atom. The number of hydrogen-bond donors (Lipinski definition) is 1. The van der Waals surface area contributed by atoms with Gasteiger partial charge >= 0.3 is 5.97 Å². The molecule has 0 aliphatic heterocycles. The predicted octanol–water partition coefficient (Wildman–Crippen LogP) is 1.24. The van der Waals surface area contributed by atoms with Crippen molar-refractivity contribution in [3.05, 3.63) is 0 Å². The zero-order chi connectivity index (χ0) is 8.69. The van der Waals surface area contributed by atoms with Crippen LogP contribution < -0.4 is 5.73 Å². The van der Waals surface area contributed by atoms with Crippen LogP contribution in [0.3, 0.4) is 0 Å². The van der Waals surface area contributed by atoms with Gasteiger partial charge in [0.1, 0.15) is 0 Å². The first-order chi connectivity index (χ1) is 5.16. The first-order valence-corrected chi connectivity index (χ1v) is 4.15. The number of alkyl halides is 1. The van der Waals surface area contributed by atoms with E-state index in [0.29, 0.717) is 25.9 Å². The summed E-state index contributed by atoms with van der Waals surface area (Å²) in [5, 5.41) is 0. The van der Waals surface area contributed by atoms with Gasteiger partial charge in [-0.3, -0.25) is 4.79 Å². The SMILES string of the molecule is CCOC(=O)CCCC(N)Cl. The lowest BCUT2D eigenvalue weighted by atomic mass is 10.2. The molecule has 1 atom stereocenters. The fraction of sp³-hybridized carbons (Fsp3) is 0.857. The highest BCUT2D eigenvalue weighted by Crippen LogP contribution is 2.02. The van der Waals surface area contributed by atoms with Crippen molar-refractivity contribution in [3.63, 3.8) is 0 Å². The molecule has 0 saturated carbocycles. The number of carbonyl (C=O) groups excluding carboxylic acids is 1. The Bertz CT molecular complexity index is 117. The van der Waals surface area contributed by atoms with Gasteiger partial charge in [0.2, 0.25) is 0 Å². The summed E-state index contributed by atoms with van der Waals surface area (Å²) in [6.45, 7) is 2.22. The molecule has 0 amide bonds. The molecule has 0 spiro atoms. The van der Waals surface area contributed by atoms with Gasteiger partial charge in [-0.15, -0.1) is 11.6 Å². The molecule has 0 aromatic carbocycles. The molecule has 4 heteroatoms. The van der Waals surface area contributed by atoms with Crippen molar-refractivity contribution in [2.75, 3.05) is 6.61 Å². The lowest BCUT2D eigenvalue weighted by molar-refractivity contribution is -0.143. The maximum Gasteiger partial charge on any atom is 0.305 e. The summed E-state index contributed by atoms with van der Waals surface area (Å²) < 4.78 is 4.70. The van der Waals surface area contributed by atoms with Gasteiger partial charge in [-0.1, -0.05) is 0 Å². The van der Waals surface area contributed by atoms with E-state index in [1.807, 2.05) is 0 Å². The summed E-state index contributed by atoms with van der Waals surface area (Å²) in [6.07, 6.45) is 1.76. The molecule has 0 aliphatic rings. The van der Waals surface area contributed by atoms with Crippen LogP contribution in [0.15, 0.2) is 0 Å². The Morgan fingerprint density at radius 1 is 1.73 bits per heavy atom. The third-order valence-corrected chi connectivity index (χ3v) is 1.38. The quantitative estimate of drug-likeness (QED) is 0.393. The van der Waals surface area contributed by atoms with Gasteiger partial charge in [-0.05, 0) is 19.8 Å². The standard InChI is InChI=1S/C7H14ClNO2/c1-2-11-7(10)5-3-4-6(8)9/h6H,2-5,9H2,1H3. The normalized spacial score (nSPS) is 12.6. The fourth-order valence-electron chi connectivity index (χ4n) is 0.675. The Morgan fingerprint density at radius 3 is 2.82 bits per heavy atom. The summed E-state index contributed by atoms with van der Waals surface area (Å²) in [6, 6.07) is 0. The van der Waals surface area contributed by atoms with Crippen LogP contribution >= 0.6 is 11.6 Å². The van der Waals surface area contributed by atoms with Crippen molar-refractivity contribution in [2.24, 2.45) is 5.73 Å². The summed E-state index contributed by atoms with van der Waals surface area (Å²) in [7, 11) is 0. The Labute approximate surface area is 71.8 Å². The van der Waals surface area contributed by atoms with Crippen LogP contribution in [-0.2, 0) is 9.53 Å². The third kappa shape index (κ3) is 7.62. The highest BCUT2D eigenvalue weighted by molar-refractivity contribution is 6.20. The van der Waals surface area contributed by atoms with E-state index in [2.05, 4.69) is 0 Å². The molecule has 0 aliphatic carbocycles. The highest BCUT2D eigenvalue weighted by Gasteiger charge is 2.02. The van der Waals surface area contributed by atoms with E-state index >= 15 is 0 Å². The Balaban J connectivity index is 3.17. The minimum atomic E-state index is -0.343. The summed E-state index contributed by atoms with van der Waals surface area (Å²) >= 11 is 5.46. The average molecular weight is 180 g/mol. The largest absolute Gasteiger partial charge is 0.466 e. The van der Waals surface area contributed by atoms with Crippen LogP contribution in [-0.4, -0.2) is 18.1 Å². The van der Waals surface area contributed by atoms with Gasteiger partial charge in [-0.2, -0.15) is 0 Å². The molecular formula is C7H14ClNO2. The zero-order valence-corrected chi connectivity index (χ0v) is 7.43. The molecule has 66 valence electrons. The molecule has 0 radical (unpaired) electrons. The van der Waals surface area contributed by atoms with E-state index in [1.54, 1.807) is 6.92 Å². The number of hydrogen-bond acceptors (Lipinski definition) is 3. The molecule has 0 bridgehead atoms. The number of ether oxygens (including phenoxy) is 1.